The van der Waals surface area contributed by atoms with E-state index in [0.717, 1.165) is 18.4 Å². The summed E-state index contributed by atoms with van der Waals surface area (Å²) in [6.07, 6.45) is 1.72. The van der Waals surface area contributed by atoms with E-state index in [1.807, 2.05) is 32.0 Å². The molecule has 1 rings (SSSR count). The molecular formula is C15H24N2O3. The molecule has 0 aliphatic carbocycles. The molecule has 0 aromatic heterocycles. The van der Waals surface area contributed by atoms with Crippen LogP contribution in [0.15, 0.2) is 18.2 Å². The second kappa shape index (κ2) is 8.30. The van der Waals surface area contributed by atoms with E-state index >= 15 is 0 Å². The van der Waals surface area contributed by atoms with Crippen LogP contribution in [0.3, 0.4) is 0 Å². The molecule has 0 saturated carbocycles. The van der Waals surface area contributed by atoms with E-state index in [1.165, 1.54) is 0 Å². The van der Waals surface area contributed by atoms with Gasteiger partial charge in [0.15, 0.2) is 11.5 Å². The number of hydrogen-bond acceptors (Lipinski definition) is 3. The first kappa shape index (κ1) is 16.1. The van der Waals surface area contributed by atoms with Gasteiger partial charge in [-0.25, -0.2) is 4.79 Å². The van der Waals surface area contributed by atoms with Gasteiger partial charge in [0.1, 0.15) is 0 Å². The van der Waals surface area contributed by atoms with E-state index in [2.05, 4.69) is 10.6 Å². The Hall–Kier alpha value is -1.91. The van der Waals surface area contributed by atoms with Crippen LogP contribution in [0.5, 0.6) is 11.5 Å². The van der Waals surface area contributed by atoms with Crippen molar-refractivity contribution in [3.8, 4) is 11.5 Å². The van der Waals surface area contributed by atoms with Crippen molar-refractivity contribution in [3.63, 3.8) is 0 Å². The van der Waals surface area contributed by atoms with Crippen molar-refractivity contribution in [2.24, 2.45) is 0 Å². The van der Waals surface area contributed by atoms with Gasteiger partial charge < -0.3 is 20.1 Å². The van der Waals surface area contributed by atoms with Crippen LogP contribution in [0.1, 0.15) is 38.3 Å². The molecule has 1 atom stereocenters. The zero-order chi connectivity index (χ0) is 15.0. The lowest BCUT2D eigenvalue weighted by Crippen LogP contribution is -2.38. The second-order valence-electron chi connectivity index (χ2n) is 4.48. The van der Waals surface area contributed by atoms with Crippen molar-refractivity contribution in [3.05, 3.63) is 23.8 Å². The molecule has 5 nitrogen and oxygen atoms in total. The van der Waals surface area contributed by atoms with Gasteiger partial charge in [-0.2, -0.15) is 0 Å². The smallest absolute Gasteiger partial charge is 0.315 e. The number of benzene rings is 1. The molecule has 0 aliphatic rings. The molecule has 112 valence electrons. The number of ether oxygens (including phenoxy) is 2. The van der Waals surface area contributed by atoms with E-state index in [9.17, 15) is 4.79 Å². The molecule has 1 aromatic carbocycles. The van der Waals surface area contributed by atoms with Crippen LogP contribution in [0, 0.1) is 0 Å². The lowest BCUT2D eigenvalue weighted by Gasteiger charge is -2.19. The summed E-state index contributed by atoms with van der Waals surface area (Å²) in [7, 11) is 3.20. The first-order valence-corrected chi connectivity index (χ1v) is 6.92. The third-order valence-electron chi connectivity index (χ3n) is 3.06. The quantitative estimate of drug-likeness (QED) is 0.807. The molecule has 2 N–H and O–H groups in total. The number of carbonyl (C=O) groups excluding carboxylic acids is 1. The fourth-order valence-electron chi connectivity index (χ4n) is 1.94. The third kappa shape index (κ3) is 4.33. The van der Waals surface area contributed by atoms with E-state index in [4.69, 9.17) is 9.47 Å². The number of amides is 2. The monoisotopic (exact) mass is 280 g/mol. The van der Waals surface area contributed by atoms with E-state index in [-0.39, 0.29) is 12.1 Å². The van der Waals surface area contributed by atoms with Crippen LogP contribution in [0.4, 0.5) is 4.79 Å². The Bertz CT molecular complexity index is 435. The largest absolute Gasteiger partial charge is 0.493 e. The van der Waals surface area contributed by atoms with Crippen molar-refractivity contribution >= 4 is 6.03 Å². The summed E-state index contributed by atoms with van der Waals surface area (Å²) >= 11 is 0. The molecule has 0 bridgehead atoms. The molecule has 0 spiro atoms. The number of carbonyl (C=O) groups is 1. The predicted molar refractivity (Wildman–Crippen MR) is 79.4 cm³/mol. The molecular weight excluding hydrogens is 256 g/mol. The molecule has 0 heterocycles. The van der Waals surface area contributed by atoms with Gasteiger partial charge in [0.25, 0.3) is 0 Å². The Morgan fingerprint density at radius 3 is 2.45 bits per heavy atom. The van der Waals surface area contributed by atoms with Gasteiger partial charge in [-0.3, -0.25) is 0 Å². The van der Waals surface area contributed by atoms with Crippen molar-refractivity contribution in [1.29, 1.82) is 0 Å². The Kier molecular flexibility index (Phi) is 6.70. The van der Waals surface area contributed by atoms with Crippen LogP contribution in [0.2, 0.25) is 0 Å². The van der Waals surface area contributed by atoms with Gasteiger partial charge in [0.2, 0.25) is 0 Å². The van der Waals surface area contributed by atoms with Crippen LogP contribution in [-0.2, 0) is 0 Å². The van der Waals surface area contributed by atoms with E-state index < -0.39 is 0 Å². The van der Waals surface area contributed by atoms with Gasteiger partial charge in [-0.15, -0.1) is 0 Å². The van der Waals surface area contributed by atoms with Gasteiger partial charge in [0.05, 0.1) is 20.3 Å². The number of rotatable bonds is 7. The fraction of sp³-hybridized carbons (Fsp3) is 0.533. The number of methoxy groups -OCH3 is 2. The van der Waals surface area contributed by atoms with Crippen molar-refractivity contribution in [2.75, 3.05) is 20.8 Å². The molecule has 5 heteroatoms. The van der Waals surface area contributed by atoms with E-state index in [0.29, 0.717) is 18.0 Å². The lowest BCUT2D eigenvalue weighted by molar-refractivity contribution is 0.236. The third-order valence-corrected chi connectivity index (χ3v) is 3.06. The highest BCUT2D eigenvalue weighted by Gasteiger charge is 2.14. The van der Waals surface area contributed by atoms with Gasteiger partial charge in [0, 0.05) is 6.54 Å². The summed E-state index contributed by atoms with van der Waals surface area (Å²) in [6.45, 7) is 4.72. The normalized spacial score (nSPS) is 11.6. The Morgan fingerprint density at radius 2 is 1.90 bits per heavy atom. The summed E-state index contributed by atoms with van der Waals surface area (Å²) in [5.41, 5.74) is 0.997. The zero-order valence-corrected chi connectivity index (χ0v) is 12.7. The fourth-order valence-corrected chi connectivity index (χ4v) is 1.94. The van der Waals surface area contributed by atoms with Crippen molar-refractivity contribution in [1.82, 2.24) is 10.6 Å². The van der Waals surface area contributed by atoms with Crippen molar-refractivity contribution < 1.29 is 14.3 Å². The molecule has 1 unspecified atom stereocenters. The maximum absolute atomic E-state index is 11.7. The van der Waals surface area contributed by atoms with Gasteiger partial charge >= 0.3 is 6.03 Å². The van der Waals surface area contributed by atoms with Crippen molar-refractivity contribution in [2.45, 2.75) is 32.7 Å². The average Bonchev–Trinajstić information content (AvgIpc) is 2.49. The molecule has 20 heavy (non-hydrogen) atoms. The molecule has 1 aromatic rings. The van der Waals surface area contributed by atoms with Crippen LogP contribution >= 0.6 is 0 Å². The Labute approximate surface area is 120 Å². The maximum atomic E-state index is 11.7. The summed E-state index contributed by atoms with van der Waals surface area (Å²) in [4.78, 5) is 11.7. The molecule has 0 aliphatic heterocycles. The lowest BCUT2D eigenvalue weighted by atomic mass is 10.0. The summed E-state index contributed by atoms with van der Waals surface area (Å²) in [5, 5.41) is 5.77. The summed E-state index contributed by atoms with van der Waals surface area (Å²) in [5.74, 6) is 1.35. The van der Waals surface area contributed by atoms with Gasteiger partial charge in [-0.05, 0) is 30.5 Å². The Morgan fingerprint density at radius 1 is 1.20 bits per heavy atom. The molecule has 2 amide bonds. The molecule has 0 saturated heterocycles. The minimum atomic E-state index is -0.145. The van der Waals surface area contributed by atoms with E-state index in [1.54, 1.807) is 14.2 Å². The summed E-state index contributed by atoms with van der Waals surface area (Å²) < 4.78 is 10.5. The highest BCUT2D eigenvalue weighted by atomic mass is 16.5. The Balaban J connectivity index is 2.81. The summed E-state index contributed by atoms with van der Waals surface area (Å²) in [6, 6.07) is 5.49. The predicted octanol–water partition coefficient (Wildman–Crippen LogP) is 2.86. The SMILES string of the molecule is CCCNC(=O)NC(CC)c1ccc(OC)c(OC)c1. The van der Waals surface area contributed by atoms with Crippen LogP contribution < -0.4 is 20.1 Å². The maximum Gasteiger partial charge on any atom is 0.315 e. The zero-order valence-electron chi connectivity index (χ0n) is 12.7. The average molecular weight is 280 g/mol. The second-order valence-corrected chi connectivity index (χ2v) is 4.48. The standard InChI is InChI=1S/C15H24N2O3/c1-5-9-16-15(18)17-12(6-2)11-7-8-13(19-3)14(10-11)20-4/h7-8,10,12H,5-6,9H2,1-4H3,(H2,16,17,18). The van der Waals surface area contributed by atoms with Crippen LogP contribution in [0.25, 0.3) is 0 Å². The highest BCUT2D eigenvalue weighted by molar-refractivity contribution is 5.74. The first-order chi connectivity index (χ1) is 9.65. The van der Waals surface area contributed by atoms with Gasteiger partial charge in [-0.1, -0.05) is 19.9 Å². The van der Waals surface area contributed by atoms with Crippen LogP contribution in [-0.4, -0.2) is 26.8 Å². The highest BCUT2D eigenvalue weighted by Crippen LogP contribution is 2.30. The first-order valence-electron chi connectivity index (χ1n) is 6.92. The molecule has 0 radical (unpaired) electrons. The topological polar surface area (TPSA) is 59.6 Å². The number of hydrogen-bond donors (Lipinski definition) is 2. The molecule has 0 fully saturated rings. The number of nitrogens with one attached hydrogen (secondary N) is 2. The number of urea groups is 1. The minimum Gasteiger partial charge on any atom is -0.493 e. The minimum absolute atomic E-state index is 0.0494.